The van der Waals surface area contributed by atoms with Gasteiger partial charge in [-0.15, -0.1) is 0 Å². The highest BCUT2D eigenvalue weighted by atomic mass is 19.1. The average molecular weight is 258 g/mol. The van der Waals surface area contributed by atoms with E-state index in [9.17, 15) is 4.39 Å². The Morgan fingerprint density at radius 1 is 1.16 bits per heavy atom. The van der Waals surface area contributed by atoms with Crippen LogP contribution in [0.2, 0.25) is 0 Å². The minimum absolute atomic E-state index is 0.0311. The minimum atomic E-state index is -0.603. The van der Waals surface area contributed by atoms with Gasteiger partial charge in [-0.25, -0.2) is 4.39 Å². The maximum Gasteiger partial charge on any atom is 0.167 e. The zero-order chi connectivity index (χ0) is 13.8. The van der Waals surface area contributed by atoms with Crippen LogP contribution in [0.5, 0.6) is 17.2 Å². The number of nitrogen functional groups attached to an aromatic ring is 1. The average Bonchev–Trinajstić information content (AvgIpc) is 2.41. The lowest BCUT2D eigenvalue weighted by molar-refractivity contribution is 0.413. The molecule has 0 atom stereocenters. The number of benzene rings is 2. The smallest absolute Gasteiger partial charge is 0.167 e. The van der Waals surface area contributed by atoms with Gasteiger partial charge < -0.3 is 15.2 Å². The van der Waals surface area contributed by atoms with Gasteiger partial charge in [0.2, 0.25) is 0 Å². The second-order valence-electron chi connectivity index (χ2n) is 3.76. The molecule has 2 N–H and O–H groups in total. The Morgan fingerprint density at radius 2 is 1.89 bits per heavy atom. The molecule has 0 aromatic heterocycles. The van der Waals surface area contributed by atoms with Crippen molar-refractivity contribution >= 4 is 5.69 Å². The summed E-state index contributed by atoms with van der Waals surface area (Å²) >= 11 is 0. The van der Waals surface area contributed by atoms with Crippen LogP contribution in [0, 0.1) is 17.1 Å². The number of anilines is 1. The van der Waals surface area contributed by atoms with Crippen molar-refractivity contribution in [1.82, 2.24) is 0 Å². The Labute approximate surface area is 109 Å². The first-order valence-electron chi connectivity index (χ1n) is 5.45. The molecule has 96 valence electrons. The van der Waals surface area contributed by atoms with Crippen molar-refractivity contribution < 1.29 is 13.9 Å². The number of nitriles is 1. The highest BCUT2D eigenvalue weighted by Gasteiger charge is 2.07. The lowest BCUT2D eigenvalue weighted by Crippen LogP contribution is -1.94. The Kier molecular flexibility index (Phi) is 3.53. The molecular weight excluding hydrogens is 247 g/mol. The van der Waals surface area contributed by atoms with Crippen molar-refractivity contribution in [2.45, 2.75) is 0 Å². The van der Waals surface area contributed by atoms with Crippen LogP contribution >= 0.6 is 0 Å². The van der Waals surface area contributed by atoms with E-state index in [0.717, 1.165) is 6.07 Å². The van der Waals surface area contributed by atoms with Gasteiger partial charge in [-0.05, 0) is 30.3 Å². The summed E-state index contributed by atoms with van der Waals surface area (Å²) in [6.07, 6.45) is 0. The molecule has 19 heavy (non-hydrogen) atoms. The Balaban J connectivity index is 2.26. The summed E-state index contributed by atoms with van der Waals surface area (Å²) in [7, 11) is 1.51. The molecule has 2 aromatic carbocycles. The summed E-state index contributed by atoms with van der Waals surface area (Å²) in [5.74, 6) is 0.339. The third-order valence-electron chi connectivity index (χ3n) is 2.49. The summed E-state index contributed by atoms with van der Waals surface area (Å²) in [5.41, 5.74) is 6.36. The molecule has 0 radical (unpaired) electrons. The van der Waals surface area contributed by atoms with E-state index in [4.69, 9.17) is 20.5 Å². The molecule has 0 unspecified atom stereocenters. The van der Waals surface area contributed by atoms with Gasteiger partial charge in [0.25, 0.3) is 0 Å². The van der Waals surface area contributed by atoms with E-state index in [1.165, 1.54) is 25.3 Å². The largest absolute Gasteiger partial charge is 0.495 e. The number of hydrogen-bond acceptors (Lipinski definition) is 4. The standard InChI is InChI=1S/C14H11FN2O2/c1-18-14-5-3-10(7-12(14)17)19-13-4-2-9(8-16)6-11(13)15/h2-7H,17H2,1H3. The van der Waals surface area contributed by atoms with E-state index in [0.29, 0.717) is 17.2 Å². The Hall–Kier alpha value is -2.74. The van der Waals surface area contributed by atoms with Crippen molar-refractivity contribution in [3.8, 4) is 23.3 Å². The van der Waals surface area contributed by atoms with E-state index in [1.54, 1.807) is 12.1 Å². The molecule has 0 aliphatic rings. The van der Waals surface area contributed by atoms with Crippen molar-refractivity contribution in [2.75, 3.05) is 12.8 Å². The predicted molar refractivity (Wildman–Crippen MR) is 68.6 cm³/mol. The highest BCUT2D eigenvalue weighted by molar-refractivity contribution is 5.56. The maximum absolute atomic E-state index is 13.6. The first-order chi connectivity index (χ1) is 9.13. The van der Waals surface area contributed by atoms with Crippen LogP contribution < -0.4 is 15.2 Å². The van der Waals surface area contributed by atoms with Crippen molar-refractivity contribution in [2.24, 2.45) is 0 Å². The zero-order valence-electron chi connectivity index (χ0n) is 10.2. The predicted octanol–water partition coefficient (Wildman–Crippen LogP) is 3.08. The number of methoxy groups -OCH3 is 1. The van der Waals surface area contributed by atoms with E-state index >= 15 is 0 Å². The lowest BCUT2D eigenvalue weighted by atomic mass is 10.2. The Bertz CT molecular complexity index is 650. The molecule has 0 spiro atoms. The van der Waals surface area contributed by atoms with Gasteiger partial charge in [0.1, 0.15) is 11.5 Å². The van der Waals surface area contributed by atoms with Crippen LogP contribution in [0.3, 0.4) is 0 Å². The van der Waals surface area contributed by atoms with E-state index in [2.05, 4.69) is 0 Å². The number of hydrogen-bond donors (Lipinski definition) is 1. The fraction of sp³-hybridized carbons (Fsp3) is 0.0714. The molecule has 2 rings (SSSR count). The topological polar surface area (TPSA) is 68.3 Å². The summed E-state index contributed by atoms with van der Waals surface area (Å²) in [4.78, 5) is 0. The van der Waals surface area contributed by atoms with Gasteiger partial charge in [0.05, 0.1) is 24.4 Å². The van der Waals surface area contributed by atoms with Gasteiger partial charge in [0.15, 0.2) is 11.6 Å². The molecular formula is C14H11FN2O2. The third-order valence-corrected chi connectivity index (χ3v) is 2.49. The normalized spacial score (nSPS) is 9.74. The van der Waals surface area contributed by atoms with Gasteiger partial charge in [0, 0.05) is 6.07 Å². The van der Waals surface area contributed by atoms with Gasteiger partial charge >= 0.3 is 0 Å². The monoisotopic (exact) mass is 258 g/mol. The van der Waals surface area contributed by atoms with Crippen LogP contribution in [0.1, 0.15) is 5.56 Å². The number of rotatable bonds is 3. The second-order valence-corrected chi connectivity index (χ2v) is 3.76. The number of halogens is 1. The third kappa shape index (κ3) is 2.75. The zero-order valence-corrected chi connectivity index (χ0v) is 10.2. The molecule has 0 fully saturated rings. The quantitative estimate of drug-likeness (QED) is 0.859. The van der Waals surface area contributed by atoms with Crippen LogP contribution in [-0.2, 0) is 0 Å². The van der Waals surface area contributed by atoms with Crippen LogP contribution in [0.25, 0.3) is 0 Å². The number of nitrogens with two attached hydrogens (primary N) is 1. The van der Waals surface area contributed by atoms with Crippen molar-refractivity contribution in [3.63, 3.8) is 0 Å². The SMILES string of the molecule is COc1ccc(Oc2ccc(C#N)cc2F)cc1N. The minimum Gasteiger partial charge on any atom is -0.495 e. The van der Waals surface area contributed by atoms with Crippen molar-refractivity contribution in [1.29, 1.82) is 5.26 Å². The van der Waals surface area contributed by atoms with Crippen LogP contribution in [-0.4, -0.2) is 7.11 Å². The van der Waals surface area contributed by atoms with Crippen LogP contribution in [0.4, 0.5) is 10.1 Å². The molecule has 5 heteroatoms. The molecule has 0 amide bonds. The van der Waals surface area contributed by atoms with E-state index < -0.39 is 5.82 Å². The summed E-state index contributed by atoms with van der Waals surface area (Å²) < 4.78 is 24.0. The van der Waals surface area contributed by atoms with Crippen LogP contribution in [0.15, 0.2) is 36.4 Å². The fourth-order valence-corrected chi connectivity index (χ4v) is 1.56. The Morgan fingerprint density at radius 3 is 2.47 bits per heavy atom. The first kappa shape index (κ1) is 12.7. The second kappa shape index (κ2) is 5.27. The molecule has 0 saturated carbocycles. The summed E-state index contributed by atoms with van der Waals surface area (Å²) in [6, 6.07) is 10.6. The van der Waals surface area contributed by atoms with E-state index in [1.807, 2.05) is 6.07 Å². The first-order valence-corrected chi connectivity index (χ1v) is 5.45. The highest BCUT2D eigenvalue weighted by Crippen LogP contribution is 2.30. The summed E-state index contributed by atoms with van der Waals surface area (Å²) in [6.45, 7) is 0. The van der Waals surface area contributed by atoms with E-state index in [-0.39, 0.29) is 11.3 Å². The molecule has 4 nitrogen and oxygen atoms in total. The number of ether oxygens (including phenoxy) is 2. The summed E-state index contributed by atoms with van der Waals surface area (Å²) in [5, 5.41) is 8.65. The molecule has 0 aliphatic heterocycles. The van der Waals surface area contributed by atoms with Gasteiger partial charge in [-0.3, -0.25) is 0 Å². The molecule has 0 bridgehead atoms. The van der Waals surface area contributed by atoms with Gasteiger partial charge in [-0.2, -0.15) is 5.26 Å². The molecule has 0 heterocycles. The maximum atomic E-state index is 13.6. The molecule has 2 aromatic rings. The lowest BCUT2D eigenvalue weighted by Gasteiger charge is -2.09. The number of nitrogens with zero attached hydrogens (tertiary/aromatic N) is 1. The van der Waals surface area contributed by atoms with Gasteiger partial charge in [-0.1, -0.05) is 0 Å². The fourth-order valence-electron chi connectivity index (χ4n) is 1.56. The van der Waals surface area contributed by atoms with Crippen molar-refractivity contribution in [3.05, 3.63) is 47.8 Å². The molecule has 0 saturated heterocycles. The molecule has 0 aliphatic carbocycles.